The van der Waals surface area contributed by atoms with Gasteiger partial charge in [-0.05, 0) is 48.2 Å². The number of benzene rings is 2. The summed E-state index contributed by atoms with van der Waals surface area (Å²) in [5.74, 6) is -0.613. The van der Waals surface area contributed by atoms with Gasteiger partial charge < -0.3 is 10.6 Å². The molecule has 144 valence electrons. The molecule has 1 atom stereocenters. The number of nitrogens with one attached hydrogen (secondary N) is 3. The molecule has 4 amide bonds. The number of fused-ring (bicyclic) bond motifs is 2. The van der Waals surface area contributed by atoms with E-state index in [9.17, 15) is 14.4 Å². The molecule has 1 aromatic heterocycles. The van der Waals surface area contributed by atoms with Gasteiger partial charge in [0.05, 0.1) is 17.2 Å². The highest BCUT2D eigenvalue weighted by Crippen LogP contribution is 2.32. The Labute approximate surface area is 165 Å². The summed E-state index contributed by atoms with van der Waals surface area (Å²) in [4.78, 5) is 44.9. The van der Waals surface area contributed by atoms with Gasteiger partial charge in [0, 0.05) is 12.1 Å². The van der Waals surface area contributed by atoms with Gasteiger partial charge in [-0.3, -0.25) is 19.9 Å². The average molecular weight is 387 g/mol. The number of urea groups is 1. The van der Waals surface area contributed by atoms with Crippen LogP contribution in [0.15, 0.2) is 48.7 Å². The Morgan fingerprint density at radius 3 is 2.69 bits per heavy atom. The Balaban J connectivity index is 1.36. The number of hydrogen-bond acceptors (Lipinski definition) is 5. The number of hydrogen-bond donors (Lipinski definition) is 3. The minimum absolute atomic E-state index is 0.241. The number of imide groups is 1. The first-order valence-corrected chi connectivity index (χ1v) is 9.31. The zero-order chi connectivity index (χ0) is 20.0. The summed E-state index contributed by atoms with van der Waals surface area (Å²) in [6, 6.07) is 12.5. The van der Waals surface area contributed by atoms with Crippen LogP contribution in [0.1, 0.15) is 28.0 Å². The van der Waals surface area contributed by atoms with Crippen LogP contribution >= 0.6 is 0 Å². The molecule has 8 heteroatoms. The van der Waals surface area contributed by atoms with E-state index in [1.165, 1.54) is 6.20 Å². The fourth-order valence-electron chi connectivity index (χ4n) is 3.96. The predicted octanol–water partition coefficient (Wildman–Crippen LogP) is 1.95. The topological polar surface area (TPSA) is 113 Å². The summed E-state index contributed by atoms with van der Waals surface area (Å²) in [6.07, 6.45) is 3.04. The molecule has 2 heterocycles. The summed E-state index contributed by atoms with van der Waals surface area (Å²) in [5, 5.41) is 7.94. The fourth-order valence-corrected chi connectivity index (χ4v) is 3.96. The minimum Gasteiger partial charge on any atom is -0.323 e. The van der Waals surface area contributed by atoms with Crippen molar-refractivity contribution in [2.45, 2.75) is 24.8 Å². The summed E-state index contributed by atoms with van der Waals surface area (Å²) >= 11 is 0. The second-order valence-electron chi connectivity index (χ2n) is 7.35. The van der Waals surface area contributed by atoms with E-state index in [0.717, 1.165) is 16.6 Å². The van der Waals surface area contributed by atoms with E-state index >= 15 is 0 Å². The first-order valence-electron chi connectivity index (χ1n) is 9.31. The van der Waals surface area contributed by atoms with Crippen LogP contribution in [0.2, 0.25) is 0 Å². The molecule has 0 bridgehead atoms. The van der Waals surface area contributed by atoms with Crippen LogP contribution in [0, 0.1) is 0 Å². The summed E-state index contributed by atoms with van der Waals surface area (Å²) in [6.45, 7) is 0. The van der Waals surface area contributed by atoms with Crippen molar-refractivity contribution in [1.29, 1.82) is 0 Å². The molecule has 0 saturated carbocycles. The van der Waals surface area contributed by atoms with E-state index in [1.54, 1.807) is 6.07 Å². The number of aryl methyl sites for hydroxylation is 1. The molecule has 1 saturated heterocycles. The van der Waals surface area contributed by atoms with Crippen molar-refractivity contribution >= 4 is 34.6 Å². The maximum atomic E-state index is 12.6. The standard InChI is InChI=1S/C21H17N5O3/c27-18(17-11-22-15-3-1-2-4-16(15)24-17)23-14-6-5-13-10-21(8-7-12(13)9-14)19(28)25-20(29)26-21/h1-6,9,11H,7-8,10H2,(H,23,27)(H2,25,26,28,29). The van der Waals surface area contributed by atoms with Crippen molar-refractivity contribution in [2.24, 2.45) is 0 Å². The molecule has 2 aromatic carbocycles. The molecule has 2 aliphatic rings. The van der Waals surface area contributed by atoms with Crippen molar-refractivity contribution in [3.8, 4) is 0 Å². The lowest BCUT2D eigenvalue weighted by Crippen LogP contribution is -2.51. The van der Waals surface area contributed by atoms with E-state index in [2.05, 4.69) is 25.9 Å². The highest BCUT2D eigenvalue weighted by molar-refractivity contribution is 6.07. The molecular formula is C21H17N5O3. The monoisotopic (exact) mass is 387 g/mol. The van der Waals surface area contributed by atoms with Crippen molar-refractivity contribution in [3.05, 3.63) is 65.5 Å². The normalized spacial score (nSPS) is 20.3. The van der Waals surface area contributed by atoms with Gasteiger partial charge in [0.1, 0.15) is 11.2 Å². The van der Waals surface area contributed by atoms with Gasteiger partial charge in [-0.25, -0.2) is 9.78 Å². The Morgan fingerprint density at radius 1 is 1.07 bits per heavy atom. The largest absolute Gasteiger partial charge is 0.323 e. The highest BCUT2D eigenvalue weighted by atomic mass is 16.2. The second-order valence-corrected chi connectivity index (χ2v) is 7.35. The van der Waals surface area contributed by atoms with Gasteiger partial charge in [0.25, 0.3) is 11.8 Å². The lowest BCUT2D eigenvalue weighted by molar-refractivity contribution is -0.124. The van der Waals surface area contributed by atoms with Gasteiger partial charge >= 0.3 is 6.03 Å². The van der Waals surface area contributed by atoms with Crippen LogP contribution in [0.3, 0.4) is 0 Å². The minimum atomic E-state index is -0.866. The summed E-state index contributed by atoms with van der Waals surface area (Å²) < 4.78 is 0. The third-order valence-corrected chi connectivity index (χ3v) is 5.47. The number of anilines is 1. The molecule has 5 rings (SSSR count). The van der Waals surface area contributed by atoms with E-state index in [0.29, 0.717) is 30.5 Å². The van der Waals surface area contributed by atoms with Gasteiger partial charge in [0.2, 0.25) is 0 Å². The third-order valence-electron chi connectivity index (χ3n) is 5.47. The predicted molar refractivity (Wildman–Crippen MR) is 105 cm³/mol. The van der Waals surface area contributed by atoms with E-state index in [-0.39, 0.29) is 17.5 Å². The van der Waals surface area contributed by atoms with Crippen LogP contribution < -0.4 is 16.0 Å². The summed E-state index contributed by atoms with van der Waals surface area (Å²) in [7, 11) is 0. The number of aromatic nitrogens is 2. The fraction of sp³-hybridized carbons (Fsp3) is 0.190. The molecule has 1 aliphatic carbocycles. The van der Waals surface area contributed by atoms with Crippen molar-refractivity contribution < 1.29 is 14.4 Å². The molecule has 8 nitrogen and oxygen atoms in total. The van der Waals surface area contributed by atoms with Crippen LogP contribution in [0.4, 0.5) is 10.5 Å². The molecule has 1 spiro atoms. The molecular weight excluding hydrogens is 370 g/mol. The molecule has 29 heavy (non-hydrogen) atoms. The van der Waals surface area contributed by atoms with Crippen LogP contribution in [0.25, 0.3) is 11.0 Å². The quantitative estimate of drug-likeness (QED) is 0.582. The van der Waals surface area contributed by atoms with Crippen molar-refractivity contribution in [3.63, 3.8) is 0 Å². The first-order chi connectivity index (χ1) is 14.0. The lowest BCUT2D eigenvalue weighted by atomic mass is 9.78. The molecule has 3 N–H and O–H groups in total. The smallest absolute Gasteiger partial charge is 0.322 e. The van der Waals surface area contributed by atoms with Crippen LogP contribution in [-0.2, 0) is 17.6 Å². The zero-order valence-electron chi connectivity index (χ0n) is 15.4. The maximum absolute atomic E-state index is 12.6. The molecule has 0 radical (unpaired) electrons. The molecule has 1 fully saturated rings. The number of carbonyl (C=O) groups excluding carboxylic acids is 3. The molecule has 1 aliphatic heterocycles. The highest BCUT2D eigenvalue weighted by Gasteiger charge is 2.47. The van der Waals surface area contributed by atoms with Crippen molar-refractivity contribution in [1.82, 2.24) is 20.6 Å². The Hall–Kier alpha value is -3.81. The van der Waals surface area contributed by atoms with Gasteiger partial charge in [-0.15, -0.1) is 0 Å². The van der Waals surface area contributed by atoms with Gasteiger partial charge in [-0.1, -0.05) is 18.2 Å². The van der Waals surface area contributed by atoms with Crippen LogP contribution in [-0.4, -0.2) is 33.4 Å². The number of nitrogens with zero attached hydrogens (tertiary/aromatic N) is 2. The Morgan fingerprint density at radius 2 is 1.90 bits per heavy atom. The number of rotatable bonds is 2. The van der Waals surface area contributed by atoms with E-state index in [4.69, 9.17) is 0 Å². The Kier molecular flexibility index (Phi) is 3.80. The number of para-hydroxylation sites is 2. The average Bonchev–Trinajstić information content (AvgIpc) is 3.00. The number of amides is 4. The van der Waals surface area contributed by atoms with Crippen LogP contribution in [0.5, 0.6) is 0 Å². The lowest BCUT2D eigenvalue weighted by Gasteiger charge is -2.32. The third kappa shape index (κ3) is 2.98. The summed E-state index contributed by atoms with van der Waals surface area (Å²) in [5.41, 5.74) is 3.45. The number of carbonyl (C=O) groups is 3. The van der Waals surface area contributed by atoms with Gasteiger partial charge in [-0.2, -0.15) is 0 Å². The maximum Gasteiger partial charge on any atom is 0.322 e. The first kappa shape index (κ1) is 17.3. The second kappa shape index (κ2) is 6.37. The zero-order valence-corrected chi connectivity index (χ0v) is 15.4. The van der Waals surface area contributed by atoms with Gasteiger partial charge in [0.15, 0.2) is 0 Å². The van der Waals surface area contributed by atoms with E-state index in [1.807, 2.05) is 36.4 Å². The SMILES string of the molecule is O=C1NC(=O)C2(CCc3cc(NC(=O)c4cnc5ccccc5n4)ccc3C2)N1. The van der Waals surface area contributed by atoms with E-state index < -0.39 is 11.6 Å². The molecule has 3 aromatic rings. The van der Waals surface area contributed by atoms with Crippen molar-refractivity contribution in [2.75, 3.05) is 5.32 Å². The molecule has 1 unspecified atom stereocenters. The Bertz CT molecular complexity index is 1190.